The largest absolute Gasteiger partial charge is 0.344 e. The van der Waals surface area contributed by atoms with E-state index >= 15 is 0 Å². The van der Waals surface area contributed by atoms with Crippen LogP contribution in [0, 0.1) is 0 Å². The zero-order chi connectivity index (χ0) is 11.3. The van der Waals surface area contributed by atoms with E-state index < -0.39 is 6.04 Å². The van der Waals surface area contributed by atoms with Crippen molar-refractivity contribution in [2.75, 3.05) is 13.6 Å². The molecule has 1 aromatic heterocycles. The first-order valence-corrected chi connectivity index (χ1v) is 5.01. The molecule has 0 saturated heterocycles. The highest BCUT2D eigenvalue weighted by Gasteiger charge is 2.12. The van der Waals surface area contributed by atoms with Crippen molar-refractivity contribution >= 4 is 5.91 Å². The van der Waals surface area contributed by atoms with Gasteiger partial charge in [0.2, 0.25) is 5.91 Å². The third kappa shape index (κ3) is 3.67. The normalized spacial score (nSPS) is 12.2. The van der Waals surface area contributed by atoms with Gasteiger partial charge in [0.1, 0.15) is 0 Å². The first kappa shape index (κ1) is 11.7. The SMILES string of the molecule is CC(N)C(=O)N(C)CCc1ccccn1. The van der Waals surface area contributed by atoms with Gasteiger partial charge in [-0.25, -0.2) is 0 Å². The molecule has 15 heavy (non-hydrogen) atoms. The van der Waals surface area contributed by atoms with Gasteiger partial charge in [-0.05, 0) is 19.1 Å². The lowest BCUT2D eigenvalue weighted by Crippen LogP contribution is -2.40. The van der Waals surface area contributed by atoms with Crippen molar-refractivity contribution in [2.45, 2.75) is 19.4 Å². The Morgan fingerprint density at radius 1 is 1.60 bits per heavy atom. The van der Waals surface area contributed by atoms with Gasteiger partial charge in [0.25, 0.3) is 0 Å². The molecule has 4 nitrogen and oxygen atoms in total. The molecule has 1 aromatic rings. The van der Waals surface area contributed by atoms with Crippen molar-refractivity contribution in [3.63, 3.8) is 0 Å². The molecule has 4 heteroatoms. The summed E-state index contributed by atoms with van der Waals surface area (Å²) in [5.74, 6) is -0.0362. The Labute approximate surface area is 90.1 Å². The number of hydrogen-bond donors (Lipinski definition) is 1. The predicted molar refractivity (Wildman–Crippen MR) is 59.2 cm³/mol. The molecule has 1 atom stereocenters. The summed E-state index contributed by atoms with van der Waals surface area (Å²) in [7, 11) is 1.76. The Hall–Kier alpha value is -1.42. The van der Waals surface area contributed by atoms with Gasteiger partial charge in [-0.15, -0.1) is 0 Å². The molecule has 1 amide bonds. The minimum absolute atomic E-state index is 0.0362. The summed E-state index contributed by atoms with van der Waals surface area (Å²) < 4.78 is 0. The van der Waals surface area contributed by atoms with Crippen LogP contribution in [0.5, 0.6) is 0 Å². The fourth-order valence-corrected chi connectivity index (χ4v) is 1.29. The Morgan fingerprint density at radius 2 is 2.33 bits per heavy atom. The average molecular weight is 207 g/mol. The number of hydrogen-bond acceptors (Lipinski definition) is 3. The van der Waals surface area contributed by atoms with E-state index in [0.29, 0.717) is 6.54 Å². The highest BCUT2D eigenvalue weighted by Crippen LogP contribution is 1.97. The zero-order valence-electron chi connectivity index (χ0n) is 9.18. The summed E-state index contributed by atoms with van der Waals surface area (Å²) >= 11 is 0. The number of nitrogens with zero attached hydrogens (tertiary/aromatic N) is 2. The molecule has 1 unspecified atom stereocenters. The minimum atomic E-state index is -0.432. The number of carbonyl (C=O) groups excluding carboxylic acids is 1. The first-order chi connectivity index (χ1) is 7.11. The lowest BCUT2D eigenvalue weighted by molar-refractivity contribution is -0.130. The second kappa shape index (κ2) is 5.46. The zero-order valence-corrected chi connectivity index (χ0v) is 9.18. The standard InChI is InChI=1S/C11H17N3O/c1-9(12)11(15)14(2)8-6-10-5-3-4-7-13-10/h3-5,7,9H,6,8,12H2,1-2H3. The number of aromatic nitrogens is 1. The van der Waals surface area contributed by atoms with Gasteiger partial charge in [0, 0.05) is 31.9 Å². The van der Waals surface area contributed by atoms with Crippen LogP contribution in [-0.2, 0) is 11.2 Å². The summed E-state index contributed by atoms with van der Waals surface area (Å²) in [5, 5.41) is 0. The van der Waals surface area contributed by atoms with E-state index in [0.717, 1.165) is 12.1 Å². The monoisotopic (exact) mass is 207 g/mol. The highest BCUT2D eigenvalue weighted by molar-refractivity contribution is 5.80. The fourth-order valence-electron chi connectivity index (χ4n) is 1.29. The maximum Gasteiger partial charge on any atom is 0.238 e. The van der Waals surface area contributed by atoms with Crippen LogP contribution in [-0.4, -0.2) is 35.4 Å². The molecule has 0 aliphatic heterocycles. The summed E-state index contributed by atoms with van der Waals surface area (Å²) in [6.07, 6.45) is 2.51. The van der Waals surface area contributed by atoms with Crippen LogP contribution in [0.15, 0.2) is 24.4 Å². The molecule has 0 bridgehead atoms. The molecule has 2 N–H and O–H groups in total. The molecule has 0 radical (unpaired) electrons. The Morgan fingerprint density at radius 3 is 2.87 bits per heavy atom. The van der Waals surface area contributed by atoms with Gasteiger partial charge in [-0.3, -0.25) is 9.78 Å². The lowest BCUT2D eigenvalue weighted by atomic mass is 10.2. The number of pyridine rings is 1. The van der Waals surface area contributed by atoms with Gasteiger partial charge < -0.3 is 10.6 Å². The smallest absolute Gasteiger partial charge is 0.238 e. The molecule has 0 aliphatic rings. The lowest BCUT2D eigenvalue weighted by Gasteiger charge is -2.18. The van der Waals surface area contributed by atoms with E-state index in [-0.39, 0.29) is 5.91 Å². The van der Waals surface area contributed by atoms with Crippen molar-refractivity contribution in [3.05, 3.63) is 30.1 Å². The average Bonchev–Trinajstić information content (AvgIpc) is 2.26. The molecular weight excluding hydrogens is 190 g/mol. The summed E-state index contributed by atoms with van der Waals surface area (Å²) in [4.78, 5) is 17.3. The van der Waals surface area contributed by atoms with Crippen LogP contribution < -0.4 is 5.73 Å². The topological polar surface area (TPSA) is 59.2 Å². The number of carbonyl (C=O) groups is 1. The van der Waals surface area contributed by atoms with Crippen molar-refractivity contribution in [3.8, 4) is 0 Å². The number of rotatable bonds is 4. The molecular formula is C11H17N3O. The first-order valence-electron chi connectivity index (χ1n) is 5.01. The molecule has 0 spiro atoms. The third-order valence-electron chi connectivity index (χ3n) is 2.20. The Balaban J connectivity index is 2.41. The second-order valence-corrected chi connectivity index (χ2v) is 3.62. The highest BCUT2D eigenvalue weighted by atomic mass is 16.2. The van der Waals surface area contributed by atoms with Crippen molar-refractivity contribution in [2.24, 2.45) is 5.73 Å². The van der Waals surface area contributed by atoms with Crippen LogP contribution in [0.2, 0.25) is 0 Å². The van der Waals surface area contributed by atoms with E-state index in [1.54, 1.807) is 25.1 Å². The van der Waals surface area contributed by atoms with E-state index in [9.17, 15) is 4.79 Å². The maximum absolute atomic E-state index is 11.4. The van der Waals surface area contributed by atoms with Gasteiger partial charge in [0.05, 0.1) is 6.04 Å². The van der Waals surface area contributed by atoms with Gasteiger partial charge in [-0.2, -0.15) is 0 Å². The van der Waals surface area contributed by atoms with E-state index in [1.807, 2.05) is 18.2 Å². The Kier molecular flexibility index (Phi) is 4.24. The number of amides is 1. The number of nitrogens with two attached hydrogens (primary N) is 1. The fraction of sp³-hybridized carbons (Fsp3) is 0.455. The third-order valence-corrected chi connectivity index (χ3v) is 2.20. The van der Waals surface area contributed by atoms with Crippen LogP contribution in [0.4, 0.5) is 0 Å². The van der Waals surface area contributed by atoms with Crippen LogP contribution in [0.1, 0.15) is 12.6 Å². The Bertz CT molecular complexity index is 311. The molecule has 1 heterocycles. The van der Waals surface area contributed by atoms with Crippen LogP contribution in [0.25, 0.3) is 0 Å². The van der Waals surface area contributed by atoms with E-state index in [2.05, 4.69) is 4.98 Å². The van der Waals surface area contributed by atoms with Crippen LogP contribution >= 0.6 is 0 Å². The maximum atomic E-state index is 11.4. The van der Waals surface area contributed by atoms with Gasteiger partial charge >= 0.3 is 0 Å². The molecule has 0 saturated carbocycles. The van der Waals surface area contributed by atoms with Crippen molar-refractivity contribution < 1.29 is 4.79 Å². The second-order valence-electron chi connectivity index (χ2n) is 3.62. The summed E-state index contributed by atoms with van der Waals surface area (Å²) in [6.45, 7) is 2.34. The predicted octanol–water partition coefficient (Wildman–Crippen LogP) is 0.430. The van der Waals surface area contributed by atoms with Gasteiger partial charge in [-0.1, -0.05) is 6.07 Å². The number of likely N-dealkylation sites (N-methyl/N-ethyl adjacent to an activating group) is 1. The summed E-state index contributed by atoms with van der Waals surface area (Å²) in [5.41, 5.74) is 6.49. The molecule has 0 fully saturated rings. The van der Waals surface area contributed by atoms with Crippen molar-refractivity contribution in [1.82, 2.24) is 9.88 Å². The van der Waals surface area contributed by atoms with Crippen LogP contribution in [0.3, 0.4) is 0 Å². The molecule has 82 valence electrons. The van der Waals surface area contributed by atoms with E-state index in [4.69, 9.17) is 5.73 Å². The minimum Gasteiger partial charge on any atom is -0.344 e. The quantitative estimate of drug-likeness (QED) is 0.779. The summed E-state index contributed by atoms with van der Waals surface area (Å²) in [6, 6.07) is 5.33. The van der Waals surface area contributed by atoms with Crippen molar-refractivity contribution in [1.29, 1.82) is 0 Å². The molecule has 0 aromatic carbocycles. The molecule has 0 aliphatic carbocycles. The molecule has 1 rings (SSSR count). The van der Waals surface area contributed by atoms with E-state index in [1.165, 1.54) is 0 Å². The van der Waals surface area contributed by atoms with Gasteiger partial charge in [0.15, 0.2) is 0 Å².